The van der Waals surface area contributed by atoms with Crippen molar-refractivity contribution in [3.8, 4) is 0 Å². The van der Waals surface area contributed by atoms with E-state index in [4.69, 9.17) is 0 Å². The van der Waals surface area contributed by atoms with Gasteiger partial charge in [-0.25, -0.2) is 4.98 Å². The smallest absolute Gasteiger partial charge is 0.281 e. The van der Waals surface area contributed by atoms with E-state index >= 15 is 0 Å². The van der Waals surface area contributed by atoms with Crippen LogP contribution in [0.15, 0.2) is 12.4 Å². The molecule has 114 valence electrons. The van der Waals surface area contributed by atoms with Crippen LogP contribution < -0.4 is 0 Å². The number of imidazole rings is 1. The van der Waals surface area contributed by atoms with Crippen LogP contribution in [0.1, 0.15) is 5.82 Å². The van der Waals surface area contributed by atoms with Gasteiger partial charge >= 0.3 is 0 Å². The Morgan fingerprint density at radius 1 is 1.20 bits per heavy atom. The number of rotatable bonds is 5. The van der Waals surface area contributed by atoms with Gasteiger partial charge in [0.15, 0.2) is 0 Å². The number of hydrogen-bond acceptors (Lipinski definition) is 4. The summed E-state index contributed by atoms with van der Waals surface area (Å²) in [6.07, 6.45) is 3.78. The predicted octanol–water partition coefficient (Wildman–Crippen LogP) is -0.384. The third-order valence-electron chi connectivity index (χ3n) is 3.70. The van der Waals surface area contributed by atoms with Crippen molar-refractivity contribution in [1.29, 1.82) is 0 Å². The highest BCUT2D eigenvalue weighted by Crippen LogP contribution is 2.09. The fraction of sp³-hybridized carbons (Fsp3) is 0.750. The van der Waals surface area contributed by atoms with Crippen LogP contribution in [0.4, 0.5) is 0 Å². The molecule has 8 heteroatoms. The normalized spacial score (nSPS) is 18.8. The maximum Gasteiger partial charge on any atom is 0.281 e. The molecule has 0 amide bonds. The van der Waals surface area contributed by atoms with E-state index in [9.17, 15) is 8.42 Å². The van der Waals surface area contributed by atoms with Gasteiger partial charge in [-0.2, -0.15) is 17.0 Å². The van der Waals surface area contributed by atoms with E-state index in [2.05, 4.69) is 14.5 Å². The zero-order valence-electron chi connectivity index (χ0n) is 12.4. The van der Waals surface area contributed by atoms with Gasteiger partial charge < -0.3 is 4.57 Å². The molecule has 1 aliphatic rings. The highest BCUT2D eigenvalue weighted by atomic mass is 32.2. The third kappa shape index (κ3) is 3.38. The highest BCUT2D eigenvalue weighted by molar-refractivity contribution is 7.86. The molecular formula is C12H23N5O2S. The molecule has 1 saturated heterocycles. The van der Waals surface area contributed by atoms with Gasteiger partial charge in [-0.1, -0.05) is 0 Å². The lowest BCUT2D eigenvalue weighted by Crippen LogP contribution is -2.52. The van der Waals surface area contributed by atoms with Crippen LogP contribution in [0.3, 0.4) is 0 Å². The molecule has 20 heavy (non-hydrogen) atoms. The molecule has 2 rings (SSSR count). The summed E-state index contributed by atoms with van der Waals surface area (Å²) in [5, 5.41) is 0. The zero-order valence-corrected chi connectivity index (χ0v) is 13.2. The summed E-state index contributed by atoms with van der Waals surface area (Å²) >= 11 is 0. The van der Waals surface area contributed by atoms with Crippen LogP contribution in [-0.4, -0.2) is 78.3 Å². The average molecular weight is 301 g/mol. The second kappa shape index (κ2) is 6.21. The molecule has 0 unspecified atom stereocenters. The van der Waals surface area contributed by atoms with Gasteiger partial charge in [0.2, 0.25) is 0 Å². The first-order valence-corrected chi connectivity index (χ1v) is 8.18. The fourth-order valence-corrected chi connectivity index (χ4v) is 3.39. The van der Waals surface area contributed by atoms with E-state index in [1.54, 1.807) is 24.6 Å². The van der Waals surface area contributed by atoms with Crippen LogP contribution in [0, 0.1) is 6.92 Å². The Labute approximate surface area is 121 Å². The van der Waals surface area contributed by atoms with Gasteiger partial charge in [0, 0.05) is 65.8 Å². The van der Waals surface area contributed by atoms with Gasteiger partial charge in [0.25, 0.3) is 10.2 Å². The van der Waals surface area contributed by atoms with E-state index in [1.807, 2.05) is 13.1 Å². The lowest BCUT2D eigenvalue weighted by Gasteiger charge is -2.35. The largest absolute Gasteiger partial charge is 0.334 e. The van der Waals surface area contributed by atoms with Gasteiger partial charge in [0.1, 0.15) is 5.82 Å². The number of aromatic nitrogens is 2. The fourth-order valence-electron chi connectivity index (χ4n) is 2.30. The summed E-state index contributed by atoms with van der Waals surface area (Å²) < 4.78 is 28.9. The van der Waals surface area contributed by atoms with E-state index in [0.717, 1.165) is 32.0 Å². The van der Waals surface area contributed by atoms with E-state index in [-0.39, 0.29) is 0 Å². The molecule has 0 spiro atoms. The average Bonchev–Trinajstić information content (AvgIpc) is 2.82. The van der Waals surface area contributed by atoms with Crippen molar-refractivity contribution in [2.24, 2.45) is 0 Å². The molecule has 0 bridgehead atoms. The number of nitrogens with zero attached hydrogens (tertiary/aromatic N) is 5. The Bertz CT molecular complexity index is 532. The third-order valence-corrected chi connectivity index (χ3v) is 5.64. The van der Waals surface area contributed by atoms with Crippen molar-refractivity contribution in [1.82, 2.24) is 23.1 Å². The van der Waals surface area contributed by atoms with E-state index < -0.39 is 10.2 Å². The molecule has 0 radical (unpaired) electrons. The molecule has 1 fully saturated rings. The van der Waals surface area contributed by atoms with Crippen molar-refractivity contribution in [3.63, 3.8) is 0 Å². The van der Waals surface area contributed by atoms with Crippen molar-refractivity contribution < 1.29 is 8.42 Å². The first-order valence-electron chi connectivity index (χ1n) is 6.79. The molecule has 7 nitrogen and oxygen atoms in total. The van der Waals surface area contributed by atoms with E-state index in [0.29, 0.717) is 13.1 Å². The van der Waals surface area contributed by atoms with Crippen molar-refractivity contribution in [2.45, 2.75) is 13.5 Å². The molecule has 1 aromatic heterocycles. The lowest BCUT2D eigenvalue weighted by atomic mass is 10.3. The first-order chi connectivity index (χ1) is 9.41. The van der Waals surface area contributed by atoms with Gasteiger partial charge in [-0.15, -0.1) is 0 Å². The quantitative estimate of drug-likeness (QED) is 0.743. The first kappa shape index (κ1) is 15.4. The zero-order chi connectivity index (χ0) is 14.8. The van der Waals surface area contributed by atoms with Crippen molar-refractivity contribution in [2.75, 3.05) is 46.8 Å². The number of hydrogen-bond donors (Lipinski definition) is 0. The van der Waals surface area contributed by atoms with Gasteiger partial charge in [-0.3, -0.25) is 4.90 Å². The summed E-state index contributed by atoms with van der Waals surface area (Å²) in [7, 11) is -0.118. The predicted molar refractivity (Wildman–Crippen MR) is 77.6 cm³/mol. The second-order valence-corrected chi connectivity index (χ2v) is 7.34. The SMILES string of the molecule is Cc1nccn1CCN1CCN(S(=O)(=O)N(C)C)CC1. The molecule has 1 aromatic rings. The molecule has 0 N–H and O–H groups in total. The maximum atomic E-state index is 12.0. The topological polar surface area (TPSA) is 61.7 Å². The summed E-state index contributed by atoms with van der Waals surface area (Å²) in [5.41, 5.74) is 0. The van der Waals surface area contributed by atoms with Crippen molar-refractivity contribution in [3.05, 3.63) is 18.2 Å². The van der Waals surface area contributed by atoms with Crippen LogP contribution in [0.5, 0.6) is 0 Å². The van der Waals surface area contributed by atoms with E-state index in [1.165, 1.54) is 4.31 Å². The summed E-state index contributed by atoms with van der Waals surface area (Å²) in [6, 6.07) is 0. The van der Waals surface area contributed by atoms with Crippen LogP contribution in [0.2, 0.25) is 0 Å². The Morgan fingerprint density at radius 3 is 2.35 bits per heavy atom. The summed E-state index contributed by atoms with van der Waals surface area (Å²) in [5.74, 6) is 1.01. The molecule has 0 aliphatic carbocycles. The molecule has 1 aliphatic heterocycles. The number of piperazine rings is 1. The molecule has 2 heterocycles. The lowest BCUT2D eigenvalue weighted by molar-refractivity contribution is 0.178. The minimum atomic E-state index is -3.26. The van der Waals surface area contributed by atoms with Crippen LogP contribution in [0.25, 0.3) is 0 Å². The molecule has 0 atom stereocenters. The summed E-state index contributed by atoms with van der Waals surface area (Å²) in [4.78, 5) is 6.49. The number of aryl methyl sites for hydroxylation is 1. The van der Waals surface area contributed by atoms with Crippen LogP contribution in [-0.2, 0) is 16.8 Å². The molecular weight excluding hydrogens is 278 g/mol. The monoisotopic (exact) mass is 301 g/mol. The van der Waals surface area contributed by atoms with Crippen LogP contribution >= 0.6 is 0 Å². The molecule has 0 saturated carbocycles. The Balaban J connectivity index is 1.82. The second-order valence-electron chi connectivity index (χ2n) is 5.20. The van der Waals surface area contributed by atoms with Gasteiger partial charge in [0.05, 0.1) is 0 Å². The summed E-state index contributed by atoms with van der Waals surface area (Å²) in [6.45, 7) is 6.48. The molecule has 0 aromatic carbocycles. The standard InChI is InChI=1S/C12H23N5O2S/c1-12-13-4-5-16(12)9-6-15-7-10-17(11-8-15)20(18,19)14(2)3/h4-5H,6-11H2,1-3H3. The minimum absolute atomic E-state index is 0.559. The Hall–Kier alpha value is -0.960. The Kier molecular flexibility index (Phi) is 4.79. The highest BCUT2D eigenvalue weighted by Gasteiger charge is 2.28. The maximum absolute atomic E-state index is 12.0. The Morgan fingerprint density at radius 2 is 1.85 bits per heavy atom. The minimum Gasteiger partial charge on any atom is -0.334 e. The van der Waals surface area contributed by atoms with Gasteiger partial charge in [-0.05, 0) is 6.92 Å². The van der Waals surface area contributed by atoms with Crippen molar-refractivity contribution >= 4 is 10.2 Å².